The molecule has 3 aromatic carbocycles. The second-order valence-corrected chi connectivity index (χ2v) is 9.45. The number of amides is 3. The zero-order chi connectivity index (χ0) is 27.2. The monoisotopic (exact) mass is 552 g/mol. The minimum Gasteiger partial charge on any atom is -0.508 e. The number of nitrogens with one attached hydrogen (secondary N) is 3. The van der Waals surface area contributed by atoms with E-state index in [2.05, 4.69) is 20.9 Å². The van der Waals surface area contributed by atoms with Crippen molar-refractivity contribution < 1.29 is 29.4 Å². The number of carboxylic acids is 1. The van der Waals surface area contributed by atoms with Crippen LogP contribution in [0.25, 0.3) is 10.2 Å². The van der Waals surface area contributed by atoms with E-state index in [1.54, 1.807) is 35.8 Å². The molecule has 3 amide bonds. The first-order valence-electron chi connectivity index (χ1n) is 11.2. The van der Waals surface area contributed by atoms with Crippen molar-refractivity contribution in [1.29, 1.82) is 0 Å². The zero-order valence-electron chi connectivity index (χ0n) is 19.6. The van der Waals surface area contributed by atoms with Gasteiger partial charge in [0.25, 0.3) is 17.7 Å². The number of aromatic nitrogens is 1. The molecule has 1 heterocycles. The highest BCUT2D eigenvalue weighted by atomic mass is 35.5. The molecule has 0 spiro atoms. The first-order valence-corrected chi connectivity index (χ1v) is 12.5. The molecule has 0 saturated carbocycles. The van der Waals surface area contributed by atoms with Crippen LogP contribution in [-0.4, -0.2) is 51.5 Å². The number of carboxylic acid groups (broad SMARTS) is 1. The molecule has 0 aliphatic heterocycles. The second-order valence-electron chi connectivity index (χ2n) is 8.16. The molecular formula is C26H21ClN4O6S. The molecule has 1 aromatic heterocycles. The van der Waals surface area contributed by atoms with Gasteiger partial charge in [-0.2, -0.15) is 0 Å². The van der Waals surface area contributed by atoms with Gasteiger partial charge in [0, 0.05) is 24.2 Å². The topological polar surface area (TPSA) is 158 Å². The largest absolute Gasteiger partial charge is 0.508 e. The lowest BCUT2D eigenvalue weighted by Gasteiger charge is -2.16. The Hall–Kier alpha value is -4.48. The number of fused-ring (bicyclic) bond motifs is 1. The van der Waals surface area contributed by atoms with E-state index < -0.39 is 29.7 Å². The molecule has 0 unspecified atom stereocenters. The fourth-order valence-electron chi connectivity index (χ4n) is 3.52. The molecule has 10 nitrogen and oxygen atoms in total. The van der Waals surface area contributed by atoms with Crippen molar-refractivity contribution in [3.8, 4) is 5.75 Å². The molecule has 194 valence electrons. The first kappa shape index (κ1) is 26.6. The number of carbonyl (C=O) groups excluding carboxylic acids is 3. The summed E-state index contributed by atoms with van der Waals surface area (Å²) >= 11 is 7.59. The van der Waals surface area contributed by atoms with Gasteiger partial charge in [-0.3, -0.25) is 14.4 Å². The number of hydrogen-bond donors (Lipinski definition) is 5. The summed E-state index contributed by atoms with van der Waals surface area (Å²) in [7, 11) is 0. The summed E-state index contributed by atoms with van der Waals surface area (Å²) in [4.78, 5) is 53.6. The minimum absolute atomic E-state index is 0.0376. The van der Waals surface area contributed by atoms with E-state index in [-0.39, 0.29) is 35.0 Å². The van der Waals surface area contributed by atoms with E-state index in [9.17, 15) is 29.4 Å². The SMILES string of the molecule is O=C(NCc1cccc(O)c1)c1ccc(C(=O)N[C@@H](CNC(=O)c2ccc3ncsc3c2)C(=O)O)c(Cl)c1. The number of benzene rings is 3. The summed E-state index contributed by atoms with van der Waals surface area (Å²) in [5.74, 6) is -3.01. The average Bonchev–Trinajstić information content (AvgIpc) is 3.37. The van der Waals surface area contributed by atoms with Crippen molar-refractivity contribution >= 4 is 56.8 Å². The predicted molar refractivity (Wildman–Crippen MR) is 142 cm³/mol. The van der Waals surface area contributed by atoms with E-state index in [0.29, 0.717) is 11.1 Å². The lowest BCUT2D eigenvalue weighted by atomic mass is 10.1. The van der Waals surface area contributed by atoms with Crippen LogP contribution in [0, 0.1) is 0 Å². The number of phenolic OH excluding ortho intramolecular Hbond substituents is 1. The van der Waals surface area contributed by atoms with Crippen LogP contribution >= 0.6 is 22.9 Å². The maximum absolute atomic E-state index is 12.7. The molecule has 0 bridgehead atoms. The van der Waals surface area contributed by atoms with Gasteiger partial charge in [-0.05, 0) is 54.1 Å². The molecule has 1 atom stereocenters. The molecule has 0 aliphatic carbocycles. The summed E-state index contributed by atoms with van der Waals surface area (Å²) in [6.45, 7) is -0.203. The number of hydrogen-bond acceptors (Lipinski definition) is 7. The molecule has 0 radical (unpaired) electrons. The highest BCUT2D eigenvalue weighted by Crippen LogP contribution is 2.20. The molecule has 4 aromatic rings. The minimum atomic E-state index is -1.43. The number of phenols is 1. The maximum atomic E-state index is 12.7. The molecule has 0 saturated heterocycles. The van der Waals surface area contributed by atoms with E-state index in [1.165, 1.54) is 41.7 Å². The van der Waals surface area contributed by atoms with Crippen molar-refractivity contribution in [2.45, 2.75) is 12.6 Å². The Labute approximate surface area is 225 Å². The lowest BCUT2D eigenvalue weighted by molar-refractivity contribution is -0.139. The van der Waals surface area contributed by atoms with Crippen LogP contribution in [0.3, 0.4) is 0 Å². The zero-order valence-corrected chi connectivity index (χ0v) is 21.2. The number of carbonyl (C=O) groups is 4. The van der Waals surface area contributed by atoms with Crippen LogP contribution in [0.15, 0.2) is 66.2 Å². The van der Waals surface area contributed by atoms with E-state index >= 15 is 0 Å². The van der Waals surface area contributed by atoms with Gasteiger partial charge >= 0.3 is 5.97 Å². The van der Waals surface area contributed by atoms with Crippen molar-refractivity contribution in [2.24, 2.45) is 0 Å². The lowest BCUT2D eigenvalue weighted by Crippen LogP contribution is -2.48. The molecule has 38 heavy (non-hydrogen) atoms. The van der Waals surface area contributed by atoms with Gasteiger partial charge in [0.2, 0.25) is 0 Å². The number of aromatic hydroxyl groups is 1. The third-order valence-corrected chi connectivity index (χ3v) is 6.61. The van der Waals surface area contributed by atoms with Crippen LogP contribution in [0.1, 0.15) is 36.6 Å². The van der Waals surface area contributed by atoms with Crippen molar-refractivity contribution in [2.75, 3.05) is 6.54 Å². The summed E-state index contributed by atoms with van der Waals surface area (Å²) < 4.78 is 0.812. The molecule has 0 aliphatic rings. The molecule has 5 N–H and O–H groups in total. The Morgan fingerprint density at radius 3 is 2.39 bits per heavy atom. The van der Waals surface area contributed by atoms with Crippen molar-refractivity contribution in [3.63, 3.8) is 0 Å². The number of nitrogens with zero attached hydrogens (tertiary/aromatic N) is 1. The van der Waals surface area contributed by atoms with Crippen LogP contribution in [0.4, 0.5) is 0 Å². The third-order valence-electron chi connectivity index (χ3n) is 5.50. The van der Waals surface area contributed by atoms with Crippen molar-refractivity contribution in [1.82, 2.24) is 20.9 Å². The van der Waals surface area contributed by atoms with Gasteiger partial charge in [0.1, 0.15) is 11.8 Å². The molecule has 0 fully saturated rings. The van der Waals surface area contributed by atoms with Gasteiger partial charge in [-0.1, -0.05) is 23.7 Å². The van der Waals surface area contributed by atoms with Gasteiger partial charge < -0.3 is 26.2 Å². The molecule has 12 heteroatoms. The Balaban J connectivity index is 1.36. The normalized spacial score (nSPS) is 11.5. The summed E-state index contributed by atoms with van der Waals surface area (Å²) in [6, 6.07) is 13.9. The predicted octanol–water partition coefficient (Wildman–Crippen LogP) is 3.20. The Kier molecular flexibility index (Phi) is 8.19. The van der Waals surface area contributed by atoms with Gasteiger partial charge in [0.15, 0.2) is 0 Å². The van der Waals surface area contributed by atoms with Crippen LogP contribution in [0.2, 0.25) is 5.02 Å². The van der Waals surface area contributed by atoms with E-state index in [4.69, 9.17) is 11.6 Å². The molecular weight excluding hydrogens is 532 g/mol. The Morgan fingerprint density at radius 2 is 1.66 bits per heavy atom. The standard InChI is InChI=1S/C26H21ClN4O6S/c27-19-9-15(23(33)28-11-14-2-1-3-17(32)8-14)4-6-18(19)25(35)31-21(26(36)37)12-29-24(34)16-5-7-20-22(10-16)38-13-30-20/h1-10,13,21,32H,11-12H2,(H,28,33)(H,29,34)(H,31,35)(H,36,37)/t21-/m0/s1. The van der Waals surface area contributed by atoms with Crippen molar-refractivity contribution in [3.05, 3.63) is 93.5 Å². The maximum Gasteiger partial charge on any atom is 0.328 e. The summed E-state index contributed by atoms with van der Waals surface area (Å²) in [5, 5.41) is 26.5. The smallest absolute Gasteiger partial charge is 0.328 e. The summed E-state index contributed by atoms with van der Waals surface area (Å²) in [6.07, 6.45) is 0. The second kappa shape index (κ2) is 11.7. The summed E-state index contributed by atoms with van der Waals surface area (Å²) in [5.41, 5.74) is 3.58. The van der Waals surface area contributed by atoms with Gasteiger partial charge in [0.05, 0.1) is 26.3 Å². The van der Waals surface area contributed by atoms with Crippen LogP contribution < -0.4 is 16.0 Å². The molecule has 4 rings (SSSR count). The number of rotatable bonds is 9. The van der Waals surface area contributed by atoms with E-state index in [0.717, 1.165) is 10.2 Å². The van der Waals surface area contributed by atoms with Crippen LogP contribution in [-0.2, 0) is 11.3 Å². The Bertz CT molecular complexity index is 1540. The van der Waals surface area contributed by atoms with Gasteiger partial charge in [-0.15, -0.1) is 11.3 Å². The fourth-order valence-corrected chi connectivity index (χ4v) is 4.50. The number of aliphatic carboxylic acids is 1. The highest BCUT2D eigenvalue weighted by molar-refractivity contribution is 7.16. The number of thiazole rings is 1. The van der Waals surface area contributed by atoms with Crippen LogP contribution in [0.5, 0.6) is 5.75 Å². The average molecular weight is 553 g/mol. The van der Waals surface area contributed by atoms with Gasteiger partial charge in [-0.25, -0.2) is 9.78 Å². The number of halogens is 1. The quantitative estimate of drug-likeness (QED) is 0.213. The third kappa shape index (κ3) is 6.44. The van der Waals surface area contributed by atoms with E-state index in [1.807, 2.05) is 0 Å². The highest BCUT2D eigenvalue weighted by Gasteiger charge is 2.23. The fraction of sp³-hybridized carbons (Fsp3) is 0.115. The Morgan fingerprint density at radius 1 is 0.921 bits per heavy atom. The first-order chi connectivity index (χ1) is 18.2.